The minimum absolute atomic E-state index is 0.0196. The zero-order valence-corrected chi connectivity index (χ0v) is 14.5. The molecule has 2 amide bonds. The SMILES string of the molecule is Cc1cccc(NCC(=O)N(C)[C@@H](C)c2ccc(F)cc2)c1C(N)=O. The van der Waals surface area contributed by atoms with Crippen LogP contribution in [0.3, 0.4) is 0 Å². The molecular weight excluding hydrogens is 321 g/mol. The molecule has 2 aromatic rings. The van der Waals surface area contributed by atoms with Crippen LogP contribution < -0.4 is 11.1 Å². The Bertz CT molecular complexity index is 775. The highest BCUT2D eigenvalue weighted by Gasteiger charge is 2.18. The molecule has 0 aromatic heterocycles. The zero-order chi connectivity index (χ0) is 18.6. The Labute approximate surface area is 146 Å². The Hall–Kier alpha value is -2.89. The van der Waals surface area contributed by atoms with Crippen molar-refractivity contribution in [3.05, 3.63) is 65.0 Å². The molecule has 0 spiro atoms. The van der Waals surface area contributed by atoms with Gasteiger partial charge in [0.25, 0.3) is 5.91 Å². The van der Waals surface area contributed by atoms with E-state index in [1.807, 2.05) is 6.92 Å². The van der Waals surface area contributed by atoms with Crippen molar-refractivity contribution >= 4 is 17.5 Å². The van der Waals surface area contributed by atoms with Gasteiger partial charge in [-0.05, 0) is 43.2 Å². The summed E-state index contributed by atoms with van der Waals surface area (Å²) in [5.41, 5.74) is 7.91. The Morgan fingerprint density at radius 2 is 1.84 bits per heavy atom. The van der Waals surface area contributed by atoms with E-state index in [0.29, 0.717) is 11.3 Å². The number of carbonyl (C=O) groups excluding carboxylic acids is 2. The van der Waals surface area contributed by atoms with Crippen molar-refractivity contribution in [2.45, 2.75) is 19.9 Å². The van der Waals surface area contributed by atoms with Gasteiger partial charge in [-0.15, -0.1) is 0 Å². The molecule has 0 bridgehead atoms. The summed E-state index contributed by atoms with van der Waals surface area (Å²) >= 11 is 0. The lowest BCUT2D eigenvalue weighted by atomic mass is 10.1. The minimum Gasteiger partial charge on any atom is -0.375 e. The zero-order valence-electron chi connectivity index (χ0n) is 14.5. The lowest BCUT2D eigenvalue weighted by Crippen LogP contribution is -2.34. The monoisotopic (exact) mass is 343 g/mol. The third-order valence-electron chi connectivity index (χ3n) is 4.28. The molecule has 0 aliphatic rings. The van der Waals surface area contributed by atoms with Crippen LogP contribution in [0.2, 0.25) is 0 Å². The quantitative estimate of drug-likeness (QED) is 0.847. The van der Waals surface area contributed by atoms with E-state index in [9.17, 15) is 14.0 Å². The number of hydrogen-bond donors (Lipinski definition) is 2. The average molecular weight is 343 g/mol. The lowest BCUT2D eigenvalue weighted by molar-refractivity contribution is -0.129. The number of benzene rings is 2. The van der Waals surface area contributed by atoms with Gasteiger partial charge in [0.1, 0.15) is 5.82 Å². The molecular formula is C19H22FN3O2. The molecule has 2 aromatic carbocycles. The van der Waals surface area contributed by atoms with E-state index < -0.39 is 5.91 Å². The molecule has 6 heteroatoms. The number of carbonyl (C=O) groups is 2. The Kier molecular flexibility index (Phi) is 5.75. The predicted molar refractivity (Wildman–Crippen MR) is 95.8 cm³/mol. The maximum absolute atomic E-state index is 13.0. The molecule has 0 heterocycles. The molecule has 0 unspecified atom stereocenters. The van der Waals surface area contributed by atoms with Gasteiger partial charge in [-0.3, -0.25) is 9.59 Å². The van der Waals surface area contributed by atoms with Crippen LogP contribution in [0.25, 0.3) is 0 Å². The Morgan fingerprint density at radius 1 is 1.20 bits per heavy atom. The number of anilines is 1. The molecule has 2 rings (SSSR count). The third-order valence-corrected chi connectivity index (χ3v) is 4.28. The van der Waals surface area contributed by atoms with E-state index in [1.54, 1.807) is 49.2 Å². The molecule has 0 aliphatic heterocycles. The first-order chi connectivity index (χ1) is 11.8. The van der Waals surface area contributed by atoms with Crippen LogP contribution >= 0.6 is 0 Å². The van der Waals surface area contributed by atoms with Gasteiger partial charge in [-0.2, -0.15) is 0 Å². The topological polar surface area (TPSA) is 75.4 Å². The molecule has 0 radical (unpaired) electrons. The standard InChI is InChI=1S/C19H22FN3O2/c1-12-5-4-6-16(18(12)19(21)25)22-11-17(24)23(3)13(2)14-7-9-15(20)10-8-14/h4-10,13,22H,11H2,1-3H3,(H2,21,25)/t13-/m0/s1. The largest absolute Gasteiger partial charge is 0.375 e. The molecule has 132 valence electrons. The van der Waals surface area contributed by atoms with Crippen molar-refractivity contribution in [2.24, 2.45) is 5.73 Å². The van der Waals surface area contributed by atoms with Crippen LogP contribution in [0.5, 0.6) is 0 Å². The van der Waals surface area contributed by atoms with Crippen LogP contribution in [0.4, 0.5) is 10.1 Å². The highest BCUT2D eigenvalue weighted by molar-refractivity contribution is 6.00. The number of amides is 2. The first kappa shape index (κ1) is 18.4. The van der Waals surface area contributed by atoms with E-state index in [-0.39, 0.29) is 24.3 Å². The van der Waals surface area contributed by atoms with Crippen molar-refractivity contribution in [2.75, 3.05) is 18.9 Å². The summed E-state index contributed by atoms with van der Waals surface area (Å²) in [4.78, 5) is 25.6. The van der Waals surface area contributed by atoms with Crippen LogP contribution in [0.1, 0.15) is 34.5 Å². The highest BCUT2D eigenvalue weighted by atomic mass is 19.1. The first-order valence-electron chi connectivity index (χ1n) is 7.95. The van der Waals surface area contributed by atoms with Crippen LogP contribution in [-0.4, -0.2) is 30.3 Å². The summed E-state index contributed by atoms with van der Waals surface area (Å²) in [6, 6.07) is 11.1. The summed E-state index contributed by atoms with van der Waals surface area (Å²) in [7, 11) is 1.68. The maximum atomic E-state index is 13.0. The first-order valence-corrected chi connectivity index (χ1v) is 7.95. The molecule has 1 atom stereocenters. The summed E-state index contributed by atoms with van der Waals surface area (Å²) in [5.74, 6) is -1.01. The number of nitrogens with one attached hydrogen (secondary N) is 1. The number of primary amides is 1. The summed E-state index contributed by atoms with van der Waals surface area (Å²) in [5, 5.41) is 2.98. The second-order valence-electron chi connectivity index (χ2n) is 5.95. The van der Waals surface area contributed by atoms with Crippen molar-refractivity contribution in [3.63, 3.8) is 0 Å². The van der Waals surface area contributed by atoms with Crippen molar-refractivity contribution < 1.29 is 14.0 Å². The van der Waals surface area contributed by atoms with E-state index in [2.05, 4.69) is 5.32 Å². The molecule has 25 heavy (non-hydrogen) atoms. The average Bonchev–Trinajstić information content (AvgIpc) is 2.58. The van der Waals surface area contributed by atoms with Gasteiger partial charge in [0.15, 0.2) is 0 Å². The number of rotatable bonds is 6. The number of nitrogens with zero attached hydrogens (tertiary/aromatic N) is 1. The highest BCUT2D eigenvalue weighted by Crippen LogP contribution is 2.21. The summed E-state index contributed by atoms with van der Waals surface area (Å²) in [6.07, 6.45) is 0. The van der Waals surface area contributed by atoms with E-state index in [1.165, 1.54) is 12.1 Å². The van der Waals surface area contributed by atoms with Gasteiger partial charge in [0.2, 0.25) is 5.91 Å². The fourth-order valence-corrected chi connectivity index (χ4v) is 2.62. The Morgan fingerprint density at radius 3 is 2.44 bits per heavy atom. The third kappa shape index (κ3) is 4.35. The summed E-state index contributed by atoms with van der Waals surface area (Å²) in [6.45, 7) is 3.67. The van der Waals surface area contributed by atoms with Crippen LogP contribution in [0, 0.1) is 12.7 Å². The predicted octanol–water partition coefficient (Wildman–Crippen LogP) is 2.86. The van der Waals surface area contributed by atoms with Gasteiger partial charge in [-0.1, -0.05) is 24.3 Å². The second kappa shape index (κ2) is 7.79. The van der Waals surface area contributed by atoms with Gasteiger partial charge in [-0.25, -0.2) is 4.39 Å². The van der Waals surface area contributed by atoms with Gasteiger partial charge in [0.05, 0.1) is 18.2 Å². The van der Waals surface area contributed by atoms with Gasteiger partial charge < -0.3 is 16.0 Å². The van der Waals surface area contributed by atoms with Crippen LogP contribution in [-0.2, 0) is 4.79 Å². The second-order valence-corrected chi connectivity index (χ2v) is 5.95. The van der Waals surface area contributed by atoms with Gasteiger partial charge >= 0.3 is 0 Å². The lowest BCUT2D eigenvalue weighted by Gasteiger charge is -2.26. The van der Waals surface area contributed by atoms with E-state index in [4.69, 9.17) is 5.73 Å². The molecule has 0 fully saturated rings. The van der Waals surface area contributed by atoms with Crippen molar-refractivity contribution in [1.29, 1.82) is 0 Å². The van der Waals surface area contributed by atoms with Crippen molar-refractivity contribution in [3.8, 4) is 0 Å². The van der Waals surface area contributed by atoms with Gasteiger partial charge in [0, 0.05) is 12.7 Å². The number of nitrogens with two attached hydrogens (primary N) is 1. The van der Waals surface area contributed by atoms with Crippen LogP contribution in [0.15, 0.2) is 42.5 Å². The molecule has 3 N–H and O–H groups in total. The molecule has 0 saturated heterocycles. The fourth-order valence-electron chi connectivity index (χ4n) is 2.62. The minimum atomic E-state index is -0.541. The number of likely N-dealkylation sites (N-methyl/N-ethyl adjacent to an activating group) is 1. The summed E-state index contributed by atoms with van der Waals surface area (Å²) < 4.78 is 13.0. The molecule has 0 saturated carbocycles. The smallest absolute Gasteiger partial charge is 0.251 e. The fraction of sp³-hybridized carbons (Fsp3) is 0.263. The number of aryl methyl sites for hydroxylation is 1. The van der Waals surface area contributed by atoms with Crippen molar-refractivity contribution in [1.82, 2.24) is 4.90 Å². The van der Waals surface area contributed by atoms with E-state index in [0.717, 1.165) is 11.1 Å². The molecule has 0 aliphatic carbocycles. The normalized spacial score (nSPS) is 11.7. The molecule has 5 nitrogen and oxygen atoms in total. The number of halogens is 1. The number of hydrogen-bond acceptors (Lipinski definition) is 3. The Balaban J connectivity index is 2.06. The van der Waals surface area contributed by atoms with E-state index >= 15 is 0 Å². The maximum Gasteiger partial charge on any atom is 0.251 e.